The minimum Gasteiger partial charge on any atom is -0.352 e. The number of piperidine rings is 1. The zero-order valence-corrected chi connectivity index (χ0v) is 10.1. The van der Waals surface area contributed by atoms with Gasteiger partial charge in [-0.2, -0.15) is 0 Å². The van der Waals surface area contributed by atoms with E-state index in [1.54, 1.807) is 6.08 Å². The summed E-state index contributed by atoms with van der Waals surface area (Å²) in [5.74, 6) is 0.0625. The van der Waals surface area contributed by atoms with Gasteiger partial charge in [0.1, 0.15) is 0 Å². The van der Waals surface area contributed by atoms with E-state index in [1.807, 2.05) is 6.92 Å². The fourth-order valence-corrected chi connectivity index (χ4v) is 2.23. The van der Waals surface area contributed by atoms with Crippen LogP contribution in [0.4, 0.5) is 0 Å². The Morgan fingerprint density at radius 1 is 1.69 bits per heavy atom. The molecule has 0 bridgehead atoms. The van der Waals surface area contributed by atoms with E-state index < -0.39 is 0 Å². The molecule has 0 aromatic rings. The molecular weight excluding hydrogens is 202 g/mol. The number of hydrogen-bond acceptors (Lipinski definition) is 3. The van der Waals surface area contributed by atoms with Gasteiger partial charge in [0.15, 0.2) is 0 Å². The molecule has 16 heavy (non-hydrogen) atoms. The van der Waals surface area contributed by atoms with E-state index in [0.717, 1.165) is 19.4 Å². The first-order chi connectivity index (χ1) is 7.65. The molecule has 0 aromatic carbocycles. The van der Waals surface area contributed by atoms with E-state index in [1.165, 1.54) is 6.42 Å². The number of likely N-dealkylation sites (tertiary alicyclic amines) is 1. The second kappa shape index (κ2) is 6.66. The van der Waals surface area contributed by atoms with Crippen molar-refractivity contribution in [2.45, 2.75) is 38.3 Å². The molecule has 0 saturated carbocycles. The van der Waals surface area contributed by atoms with Gasteiger partial charge in [-0.25, -0.2) is 0 Å². The highest BCUT2D eigenvalue weighted by molar-refractivity contribution is 5.78. The highest BCUT2D eigenvalue weighted by Gasteiger charge is 2.26. The Kier molecular flexibility index (Phi) is 5.49. The van der Waals surface area contributed by atoms with Crippen LogP contribution in [0, 0.1) is 0 Å². The van der Waals surface area contributed by atoms with Gasteiger partial charge in [-0.1, -0.05) is 12.5 Å². The first-order valence-electron chi connectivity index (χ1n) is 6.02. The van der Waals surface area contributed by atoms with E-state index in [0.29, 0.717) is 19.1 Å². The third kappa shape index (κ3) is 3.94. The maximum atomic E-state index is 11.6. The van der Waals surface area contributed by atoms with Crippen molar-refractivity contribution in [1.82, 2.24) is 10.2 Å². The van der Waals surface area contributed by atoms with E-state index >= 15 is 0 Å². The molecule has 0 aliphatic carbocycles. The molecule has 3 N–H and O–H groups in total. The molecule has 2 unspecified atom stereocenters. The Morgan fingerprint density at radius 3 is 3.06 bits per heavy atom. The molecule has 4 nitrogen and oxygen atoms in total. The largest absolute Gasteiger partial charge is 0.352 e. The summed E-state index contributed by atoms with van der Waals surface area (Å²) in [6, 6.07) is 0.482. The van der Waals surface area contributed by atoms with Crippen molar-refractivity contribution in [1.29, 1.82) is 0 Å². The number of carbonyl (C=O) groups is 1. The standard InChI is InChI=1S/C12H23N3O/c1-3-7-14-12(16)9-15-8-5-4-6-11(15)10(2)13/h3,10-11H,1,4-9,13H2,2H3,(H,14,16). The molecule has 1 amide bonds. The predicted octanol–water partition coefficient (Wildman–Crippen LogP) is 0.490. The summed E-state index contributed by atoms with van der Waals surface area (Å²) in [6.45, 7) is 7.57. The zero-order valence-electron chi connectivity index (χ0n) is 10.1. The molecule has 4 heteroatoms. The minimum absolute atomic E-state index is 0.0625. The predicted molar refractivity (Wildman–Crippen MR) is 66.1 cm³/mol. The van der Waals surface area contributed by atoms with Crippen LogP contribution in [-0.4, -0.2) is 42.5 Å². The molecule has 0 spiro atoms. The lowest BCUT2D eigenvalue weighted by Gasteiger charge is -2.37. The van der Waals surface area contributed by atoms with Gasteiger partial charge < -0.3 is 11.1 Å². The average Bonchev–Trinajstić information content (AvgIpc) is 2.27. The molecule has 1 saturated heterocycles. The summed E-state index contributed by atoms with van der Waals surface area (Å²) >= 11 is 0. The van der Waals surface area contributed by atoms with Crippen molar-refractivity contribution in [3.05, 3.63) is 12.7 Å². The number of carbonyl (C=O) groups excluding carboxylic acids is 1. The monoisotopic (exact) mass is 225 g/mol. The molecule has 92 valence electrons. The van der Waals surface area contributed by atoms with Gasteiger partial charge in [0.25, 0.3) is 0 Å². The van der Waals surface area contributed by atoms with Gasteiger partial charge >= 0.3 is 0 Å². The van der Waals surface area contributed by atoms with Gasteiger partial charge in [-0.05, 0) is 26.3 Å². The molecule has 0 radical (unpaired) electrons. The minimum atomic E-state index is 0.0625. The Morgan fingerprint density at radius 2 is 2.44 bits per heavy atom. The summed E-state index contributed by atoms with van der Waals surface area (Å²) in [7, 11) is 0. The average molecular weight is 225 g/mol. The number of nitrogens with one attached hydrogen (secondary N) is 1. The van der Waals surface area contributed by atoms with Crippen LogP contribution in [0.15, 0.2) is 12.7 Å². The SMILES string of the molecule is C=CCNC(=O)CN1CCCCC1C(C)N. The molecule has 1 aliphatic rings. The third-order valence-corrected chi connectivity index (χ3v) is 3.06. The number of amides is 1. The van der Waals surface area contributed by atoms with E-state index in [-0.39, 0.29) is 11.9 Å². The highest BCUT2D eigenvalue weighted by atomic mass is 16.2. The van der Waals surface area contributed by atoms with Crippen LogP contribution in [0.25, 0.3) is 0 Å². The lowest BCUT2D eigenvalue weighted by atomic mass is 9.97. The first-order valence-corrected chi connectivity index (χ1v) is 6.02. The van der Waals surface area contributed by atoms with E-state index in [2.05, 4.69) is 16.8 Å². The van der Waals surface area contributed by atoms with Crippen LogP contribution in [0.3, 0.4) is 0 Å². The Balaban J connectivity index is 2.42. The zero-order chi connectivity index (χ0) is 12.0. The summed E-state index contributed by atoms with van der Waals surface area (Å²) in [5, 5.41) is 2.80. The number of nitrogens with two attached hydrogens (primary N) is 1. The number of nitrogens with zero attached hydrogens (tertiary/aromatic N) is 1. The summed E-state index contributed by atoms with van der Waals surface area (Å²) < 4.78 is 0. The second-order valence-corrected chi connectivity index (χ2v) is 4.49. The molecule has 2 atom stereocenters. The quantitative estimate of drug-likeness (QED) is 0.670. The van der Waals surface area contributed by atoms with Crippen molar-refractivity contribution in [3.63, 3.8) is 0 Å². The van der Waals surface area contributed by atoms with E-state index in [4.69, 9.17) is 5.73 Å². The second-order valence-electron chi connectivity index (χ2n) is 4.49. The summed E-state index contributed by atoms with van der Waals surface area (Å²) in [5.41, 5.74) is 5.94. The molecule has 1 heterocycles. The van der Waals surface area contributed by atoms with Gasteiger partial charge in [0.2, 0.25) is 5.91 Å². The van der Waals surface area contributed by atoms with Gasteiger partial charge in [0.05, 0.1) is 6.54 Å². The molecule has 1 aliphatic heterocycles. The van der Waals surface area contributed by atoms with Crippen molar-refractivity contribution in [2.24, 2.45) is 5.73 Å². The maximum Gasteiger partial charge on any atom is 0.234 e. The van der Waals surface area contributed by atoms with Crippen molar-refractivity contribution in [3.8, 4) is 0 Å². The molecule has 1 rings (SSSR count). The fourth-order valence-electron chi connectivity index (χ4n) is 2.23. The van der Waals surface area contributed by atoms with Crippen molar-refractivity contribution in [2.75, 3.05) is 19.6 Å². The normalized spacial score (nSPS) is 23.8. The molecule has 1 fully saturated rings. The van der Waals surface area contributed by atoms with Gasteiger partial charge in [-0.15, -0.1) is 6.58 Å². The van der Waals surface area contributed by atoms with Crippen molar-refractivity contribution < 1.29 is 4.79 Å². The van der Waals surface area contributed by atoms with Crippen molar-refractivity contribution >= 4 is 5.91 Å². The smallest absolute Gasteiger partial charge is 0.234 e. The Bertz CT molecular complexity index is 240. The molecule has 0 aromatic heterocycles. The lowest BCUT2D eigenvalue weighted by molar-refractivity contribution is -0.123. The summed E-state index contributed by atoms with van der Waals surface area (Å²) in [4.78, 5) is 13.8. The van der Waals surface area contributed by atoms with Gasteiger partial charge in [0, 0.05) is 18.6 Å². The Hall–Kier alpha value is -0.870. The number of rotatable bonds is 5. The Labute approximate surface area is 97.9 Å². The van der Waals surface area contributed by atoms with Crippen LogP contribution >= 0.6 is 0 Å². The maximum absolute atomic E-state index is 11.6. The summed E-state index contributed by atoms with van der Waals surface area (Å²) in [6.07, 6.45) is 5.18. The van der Waals surface area contributed by atoms with Crippen LogP contribution in [0.2, 0.25) is 0 Å². The first kappa shape index (κ1) is 13.2. The topological polar surface area (TPSA) is 58.4 Å². The fraction of sp³-hybridized carbons (Fsp3) is 0.750. The lowest BCUT2D eigenvalue weighted by Crippen LogP contribution is -2.52. The molecular formula is C12H23N3O. The van der Waals surface area contributed by atoms with Crippen LogP contribution < -0.4 is 11.1 Å². The highest BCUT2D eigenvalue weighted by Crippen LogP contribution is 2.18. The van der Waals surface area contributed by atoms with Crippen LogP contribution in [-0.2, 0) is 4.79 Å². The third-order valence-electron chi connectivity index (χ3n) is 3.06. The van der Waals surface area contributed by atoms with Crippen LogP contribution in [0.1, 0.15) is 26.2 Å². The van der Waals surface area contributed by atoms with E-state index in [9.17, 15) is 4.79 Å². The number of hydrogen-bond donors (Lipinski definition) is 2. The van der Waals surface area contributed by atoms with Gasteiger partial charge in [-0.3, -0.25) is 9.69 Å². The van der Waals surface area contributed by atoms with Crippen LogP contribution in [0.5, 0.6) is 0 Å².